The van der Waals surface area contributed by atoms with Crippen molar-refractivity contribution in [3.63, 3.8) is 0 Å². The fraction of sp³-hybridized carbons (Fsp3) is 0.184. The van der Waals surface area contributed by atoms with Gasteiger partial charge in [0.05, 0.1) is 17.4 Å². The van der Waals surface area contributed by atoms with Crippen LogP contribution in [0.1, 0.15) is 40.3 Å². The molecule has 228 valence electrons. The Bertz CT molecular complexity index is 1960. The van der Waals surface area contributed by atoms with Crippen LogP contribution in [0.2, 0.25) is 0 Å². The Hall–Kier alpha value is -4.75. The first-order valence-corrected chi connectivity index (χ1v) is 16.2. The van der Waals surface area contributed by atoms with E-state index in [0.29, 0.717) is 17.9 Å². The van der Waals surface area contributed by atoms with E-state index in [-0.39, 0.29) is 10.7 Å². The first-order valence-electron chi connectivity index (χ1n) is 14.8. The van der Waals surface area contributed by atoms with Gasteiger partial charge in [-0.1, -0.05) is 90.0 Å². The van der Waals surface area contributed by atoms with Gasteiger partial charge in [-0.25, -0.2) is 4.39 Å². The van der Waals surface area contributed by atoms with Crippen molar-refractivity contribution < 1.29 is 17.5 Å². The summed E-state index contributed by atoms with van der Waals surface area (Å²) in [5.41, 5.74) is 4.44. The lowest BCUT2D eigenvalue weighted by Crippen LogP contribution is -2.56. The van der Waals surface area contributed by atoms with Crippen molar-refractivity contribution in [2.75, 3.05) is 12.0 Å². The number of hydrogen-bond donors (Lipinski definition) is 0. The van der Waals surface area contributed by atoms with Crippen LogP contribution in [-0.4, -0.2) is 21.7 Å². The monoisotopic (exact) mass is 618 g/mol. The standard InChI is InChI=1S/C38H35FN2O3S/c1-27-10-14-29(15-11-27)25-41-36-23-20-33(44-4)24-35(36)37(3,30-8-6-5-7-9-30)38(41,31-16-18-32(39)19-17-31)26-40-45(42,43)34-21-12-28(2)13-22-34/h5-24,26H,25H2,1-4H3/b40-26+/t37-,38-/m1/s1. The highest BCUT2D eigenvalue weighted by Crippen LogP contribution is 2.60. The Morgan fingerprint density at radius 1 is 0.800 bits per heavy atom. The molecule has 0 bridgehead atoms. The van der Waals surface area contributed by atoms with Crippen LogP contribution in [0.25, 0.3) is 0 Å². The maximum absolute atomic E-state index is 14.5. The molecule has 0 radical (unpaired) electrons. The van der Waals surface area contributed by atoms with E-state index < -0.39 is 21.0 Å². The lowest BCUT2D eigenvalue weighted by Gasteiger charge is -2.48. The van der Waals surface area contributed by atoms with Crippen molar-refractivity contribution in [2.45, 2.75) is 43.2 Å². The Labute approximate surface area is 264 Å². The molecule has 0 amide bonds. The second-order valence-electron chi connectivity index (χ2n) is 11.7. The fourth-order valence-electron chi connectivity index (χ4n) is 6.51. The number of halogens is 1. The molecule has 0 unspecified atom stereocenters. The Morgan fingerprint density at radius 2 is 1.42 bits per heavy atom. The number of rotatable bonds is 8. The van der Waals surface area contributed by atoms with Crippen molar-refractivity contribution in [1.82, 2.24) is 0 Å². The minimum atomic E-state index is -4.11. The van der Waals surface area contributed by atoms with E-state index in [2.05, 4.69) is 40.5 Å². The molecule has 5 aromatic carbocycles. The van der Waals surface area contributed by atoms with E-state index in [1.165, 1.54) is 12.1 Å². The average molecular weight is 619 g/mol. The second kappa shape index (κ2) is 11.6. The summed E-state index contributed by atoms with van der Waals surface area (Å²) in [6.45, 7) is 6.47. The number of anilines is 1. The highest BCUT2D eigenvalue weighted by molar-refractivity contribution is 7.90. The van der Waals surface area contributed by atoms with Crippen LogP contribution in [0.5, 0.6) is 5.75 Å². The van der Waals surface area contributed by atoms with Crippen LogP contribution >= 0.6 is 0 Å². The Balaban J connectivity index is 1.70. The zero-order chi connectivity index (χ0) is 31.8. The smallest absolute Gasteiger partial charge is 0.282 e. The van der Waals surface area contributed by atoms with E-state index in [4.69, 9.17) is 4.74 Å². The first-order chi connectivity index (χ1) is 21.6. The molecule has 1 heterocycles. The average Bonchev–Trinajstić information content (AvgIpc) is 3.26. The molecule has 0 saturated carbocycles. The molecule has 0 saturated heterocycles. The lowest BCUT2D eigenvalue weighted by molar-refractivity contribution is 0.385. The summed E-state index contributed by atoms with van der Waals surface area (Å²) in [6, 6.07) is 37.1. The summed E-state index contributed by atoms with van der Waals surface area (Å²) >= 11 is 0. The summed E-state index contributed by atoms with van der Waals surface area (Å²) in [7, 11) is -2.48. The molecule has 6 rings (SSSR count). The van der Waals surface area contributed by atoms with Crippen LogP contribution in [0.15, 0.2) is 131 Å². The van der Waals surface area contributed by atoms with Gasteiger partial charge in [-0.15, -0.1) is 0 Å². The van der Waals surface area contributed by atoms with Crippen LogP contribution in [0.4, 0.5) is 10.1 Å². The number of sulfonamides is 1. The summed E-state index contributed by atoms with van der Waals surface area (Å²) in [6.07, 6.45) is 1.56. The number of nitrogens with zero attached hydrogens (tertiary/aromatic N) is 2. The molecule has 0 fully saturated rings. The van der Waals surface area contributed by atoms with Crippen LogP contribution < -0.4 is 9.64 Å². The van der Waals surface area contributed by atoms with Gasteiger partial charge in [0.2, 0.25) is 0 Å². The molecular formula is C38H35FN2O3S. The SMILES string of the molecule is COc1ccc2c(c1)[C@@](C)(c1ccccc1)[C@@](/C=N/S(=O)(=O)c1ccc(C)cc1)(c1ccc(F)cc1)N2Cc1ccc(C)cc1. The summed E-state index contributed by atoms with van der Waals surface area (Å²) in [5.74, 6) is 0.284. The predicted octanol–water partition coefficient (Wildman–Crippen LogP) is 8.13. The van der Waals surface area contributed by atoms with Crippen LogP contribution in [0, 0.1) is 19.7 Å². The number of aryl methyl sites for hydroxylation is 2. The molecule has 0 N–H and O–H groups in total. The zero-order valence-electron chi connectivity index (χ0n) is 25.7. The van der Waals surface area contributed by atoms with E-state index in [1.54, 1.807) is 49.7 Å². The lowest BCUT2D eigenvalue weighted by atomic mass is 9.62. The van der Waals surface area contributed by atoms with Crippen molar-refractivity contribution in [1.29, 1.82) is 0 Å². The molecule has 45 heavy (non-hydrogen) atoms. The molecule has 0 aliphatic carbocycles. The summed E-state index contributed by atoms with van der Waals surface area (Å²) in [5, 5.41) is 0. The summed E-state index contributed by atoms with van der Waals surface area (Å²) in [4.78, 5) is 2.29. The van der Waals surface area contributed by atoms with E-state index >= 15 is 0 Å². The van der Waals surface area contributed by atoms with Gasteiger partial charge in [0, 0.05) is 18.4 Å². The van der Waals surface area contributed by atoms with E-state index in [9.17, 15) is 12.8 Å². The van der Waals surface area contributed by atoms with Crippen molar-refractivity contribution >= 4 is 21.9 Å². The molecule has 5 nitrogen and oxygen atoms in total. The quantitative estimate of drug-likeness (QED) is 0.165. The maximum Gasteiger partial charge on any atom is 0.282 e. The largest absolute Gasteiger partial charge is 0.497 e. The topological polar surface area (TPSA) is 59.0 Å². The molecule has 7 heteroatoms. The van der Waals surface area contributed by atoms with Gasteiger partial charge in [0.1, 0.15) is 17.1 Å². The number of fused-ring (bicyclic) bond motifs is 1. The highest BCUT2D eigenvalue weighted by Gasteiger charge is 2.61. The fourth-order valence-corrected chi connectivity index (χ4v) is 7.41. The van der Waals surface area contributed by atoms with Gasteiger partial charge in [-0.05, 0) is 85.5 Å². The highest BCUT2D eigenvalue weighted by atomic mass is 32.2. The van der Waals surface area contributed by atoms with E-state index in [1.807, 2.05) is 62.4 Å². The number of benzene rings is 5. The Morgan fingerprint density at radius 3 is 2.04 bits per heavy atom. The normalized spacial score (nSPS) is 19.5. The molecule has 0 aromatic heterocycles. The number of hydrogen-bond acceptors (Lipinski definition) is 4. The third-order valence-electron chi connectivity index (χ3n) is 9.02. The second-order valence-corrected chi connectivity index (χ2v) is 13.4. The maximum atomic E-state index is 14.5. The van der Waals surface area contributed by atoms with Crippen molar-refractivity contribution in [2.24, 2.45) is 4.40 Å². The molecule has 1 aliphatic rings. The van der Waals surface area contributed by atoms with Gasteiger partial charge >= 0.3 is 0 Å². The molecule has 1 aliphatic heterocycles. The van der Waals surface area contributed by atoms with Crippen molar-refractivity contribution in [3.05, 3.63) is 161 Å². The first kappa shape index (κ1) is 30.3. The van der Waals surface area contributed by atoms with Gasteiger partial charge in [0.15, 0.2) is 0 Å². The summed E-state index contributed by atoms with van der Waals surface area (Å²) < 4.78 is 52.4. The number of methoxy groups -OCH3 is 1. The van der Waals surface area contributed by atoms with Crippen LogP contribution in [-0.2, 0) is 27.5 Å². The van der Waals surface area contributed by atoms with E-state index in [0.717, 1.165) is 33.5 Å². The Kier molecular flexibility index (Phi) is 7.83. The number of ether oxygens (including phenoxy) is 1. The van der Waals surface area contributed by atoms with Gasteiger partial charge < -0.3 is 9.64 Å². The predicted molar refractivity (Wildman–Crippen MR) is 178 cm³/mol. The third-order valence-corrected chi connectivity index (χ3v) is 10.3. The molecule has 5 aromatic rings. The van der Waals surface area contributed by atoms with Gasteiger partial charge in [0.25, 0.3) is 10.0 Å². The molecule has 2 atom stereocenters. The third kappa shape index (κ3) is 5.21. The molecular weight excluding hydrogens is 583 g/mol. The molecule has 0 spiro atoms. The van der Waals surface area contributed by atoms with Crippen LogP contribution in [0.3, 0.4) is 0 Å². The van der Waals surface area contributed by atoms with Gasteiger partial charge in [-0.2, -0.15) is 12.8 Å². The van der Waals surface area contributed by atoms with Gasteiger partial charge in [-0.3, -0.25) is 0 Å². The zero-order valence-corrected chi connectivity index (χ0v) is 26.6. The minimum absolute atomic E-state index is 0.0993. The minimum Gasteiger partial charge on any atom is -0.497 e. The van der Waals surface area contributed by atoms with Crippen molar-refractivity contribution in [3.8, 4) is 5.75 Å².